The van der Waals surface area contributed by atoms with Gasteiger partial charge in [0.15, 0.2) is 5.65 Å². The first-order valence-corrected chi connectivity index (χ1v) is 4.76. The monoisotopic (exact) mass is 191 g/mol. The third-order valence-electron chi connectivity index (χ3n) is 2.06. The Bertz CT molecular complexity index is 408. The first kappa shape index (κ1) is 9.08. The Hall–Kier alpha value is -1.49. The van der Waals surface area contributed by atoms with Crippen LogP contribution in [0, 0.1) is 0 Å². The van der Waals surface area contributed by atoms with Crippen molar-refractivity contribution in [3.63, 3.8) is 0 Å². The Morgan fingerprint density at radius 2 is 2.36 bits per heavy atom. The third kappa shape index (κ3) is 1.72. The van der Waals surface area contributed by atoms with E-state index in [-0.39, 0.29) is 0 Å². The normalized spacial score (nSPS) is 10.9. The number of nitrogens with one attached hydrogen (secondary N) is 1. The minimum Gasteiger partial charge on any atom is -0.317 e. The van der Waals surface area contributed by atoms with Gasteiger partial charge in [0.2, 0.25) is 0 Å². The highest BCUT2D eigenvalue weighted by Gasteiger charge is 2.03. The van der Waals surface area contributed by atoms with Gasteiger partial charge in [0.1, 0.15) is 5.82 Å². The second-order valence-electron chi connectivity index (χ2n) is 3.02. The van der Waals surface area contributed by atoms with Crippen molar-refractivity contribution in [1.29, 1.82) is 0 Å². The van der Waals surface area contributed by atoms with E-state index in [1.54, 1.807) is 12.4 Å². The van der Waals surface area contributed by atoms with Crippen molar-refractivity contribution in [2.24, 2.45) is 0 Å². The molecule has 0 aromatic carbocycles. The highest BCUT2D eigenvalue weighted by Crippen LogP contribution is 2.00. The van der Waals surface area contributed by atoms with E-state index in [0.717, 1.165) is 31.0 Å². The Kier molecular flexibility index (Phi) is 2.69. The molecule has 0 unspecified atom stereocenters. The van der Waals surface area contributed by atoms with Crippen molar-refractivity contribution in [2.45, 2.75) is 13.3 Å². The number of fused-ring (bicyclic) bond motifs is 1. The van der Waals surface area contributed by atoms with Crippen LogP contribution >= 0.6 is 0 Å². The van der Waals surface area contributed by atoms with Crippen LogP contribution in [0.15, 0.2) is 18.6 Å². The molecule has 0 bridgehead atoms. The molecule has 0 saturated heterocycles. The van der Waals surface area contributed by atoms with E-state index in [2.05, 4.69) is 27.4 Å². The lowest BCUT2D eigenvalue weighted by Gasteiger charge is -1.99. The van der Waals surface area contributed by atoms with E-state index in [4.69, 9.17) is 0 Å². The molecule has 5 nitrogen and oxygen atoms in total. The van der Waals surface area contributed by atoms with Gasteiger partial charge < -0.3 is 5.32 Å². The number of aromatic nitrogens is 4. The van der Waals surface area contributed by atoms with Crippen LogP contribution in [-0.2, 0) is 6.42 Å². The minimum atomic E-state index is 0.805. The second-order valence-corrected chi connectivity index (χ2v) is 3.02. The van der Waals surface area contributed by atoms with Crippen molar-refractivity contribution in [3.05, 3.63) is 24.4 Å². The highest BCUT2D eigenvalue weighted by molar-refractivity contribution is 5.33. The quantitative estimate of drug-likeness (QED) is 0.705. The van der Waals surface area contributed by atoms with E-state index in [9.17, 15) is 0 Å². The van der Waals surface area contributed by atoms with Crippen molar-refractivity contribution < 1.29 is 0 Å². The van der Waals surface area contributed by atoms with Crippen LogP contribution in [0.5, 0.6) is 0 Å². The topological polar surface area (TPSA) is 55.1 Å². The summed E-state index contributed by atoms with van der Waals surface area (Å²) in [7, 11) is 0. The average Bonchev–Trinajstić information content (AvgIpc) is 2.63. The van der Waals surface area contributed by atoms with Gasteiger partial charge in [0, 0.05) is 25.4 Å². The fourth-order valence-corrected chi connectivity index (χ4v) is 1.35. The third-order valence-corrected chi connectivity index (χ3v) is 2.06. The molecule has 0 saturated carbocycles. The van der Waals surface area contributed by atoms with Crippen LogP contribution in [0.25, 0.3) is 5.65 Å². The lowest BCUT2D eigenvalue weighted by molar-refractivity contribution is 0.691. The molecule has 0 aliphatic rings. The number of hydrogen-bond donors (Lipinski definition) is 1. The molecule has 0 radical (unpaired) electrons. The SMILES string of the molecule is CCNCCc1nnc2cnccn12. The van der Waals surface area contributed by atoms with E-state index < -0.39 is 0 Å². The van der Waals surface area contributed by atoms with Crippen LogP contribution in [0.4, 0.5) is 0 Å². The molecule has 2 aromatic rings. The van der Waals surface area contributed by atoms with Crippen molar-refractivity contribution in [2.75, 3.05) is 13.1 Å². The van der Waals surface area contributed by atoms with E-state index >= 15 is 0 Å². The Morgan fingerprint density at radius 1 is 1.43 bits per heavy atom. The van der Waals surface area contributed by atoms with Gasteiger partial charge in [0.05, 0.1) is 6.20 Å². The van der Waals surface area contributed by atoms with Crippen LogP contribution < -0.4 is 5.32 Å². The van der Waals surface area contributed by atoms with Crippen LogP contribution in [0.1, 0.15) is 12.7 Å². The largest absolute Gasteiger partial charge is 0.317 e. The number of hydrogen-bond acceptors (Lipinski definition) is 4. The molecular formula is C9H13N5. The van der Waals surface area contributed by atoms with Gasteiger partial charge in [-0.25, -0.2) is 0 Å². The average molecular weight is 191 g/mol. The molecule has 5 heteroatoms. The molecule has 0 aliphatic heterocycles. The summed E-state index contributed by atoms with van der Waals surface area (Å²) in [6.45, 7) is 4.00. The van der Waals surface area contributed by atoms with E-state index in [0.29, 0.717) is 0 Å². The van der Waals surface area contributed by atoms with Crippen LogP contribution in [0.3, 0.4) is 0 Å². The van der Waals surface area contributed by atoms with Crippen molar-refractivity contribution in [3.8, 4) is 0 Å². The molecule has 0 aliphatic carbocycles. The van der Waals surface area contributed by atoms with Gasteiger partial charge in [-0.2, -0.15) is 0 Å². The Labute approximate surface area is 82.2 Å². The second kappa shape index (κ2) is 4.15. The van der Waals surface area contributed by atoms with Gasteiger partial charge in [-0.1, -0.05) is 6.92 Å². The number of likely N-dealkylation sites (N-methyl/N-ethyl adjacent to an activating group) is 1. The Morgan fingerprint density at radius 3 is 3.21 bits per heavy atom. The molecule has 2 aromatic heterocycles. The van der Waals surface area contributed by atoms with Gasteiger partial charge in [-0.15, -0.1) is 10.2 Å². The maximum atomic E-state index is 4.10. The number of nitrogens with zero attached hydrogens (tertiary/aromatic N) is 4. The first-order valence-electron chi connectivity index (χ1n) is 4.76. The minimum absolute atomic E-state index is 0.805. The van der Waals surface area contributed by atoms with Crippen LogP contribution in [-0.4, -0.2) is 32.7 Å². The summed E-state index contributed by atoms with van der Waals surface area (Å²) in [5, 5.41) is 11.4. The van der Waals surface area contributed by atoms with E-state index in [1.165, 1.54) is 0 Å². The molecule has 14 heavy (non-hydrogen) atoms. The molecule has 0 amide bonds. The summed E-state index contributed by atoms with van der Waals surface area (Å²) < 4.78 is 1.96. The lowest BCUT2D eigenvalue weighted by atomic mass is 10.4. The zero-order valence-electron chi connectivity index (χ0n) is 8.14. The van der Waals surface area contributed by atoms with E-state index in [1.807, 2.05) is 10.6 Å². The molecule has 0 fully saturated rings. The van der Waals surface area contributed by atoms with Gasteiger partial charge in [-0.05, 0) is 6.54 Å². The summed E-state index contributed by atoms with van der Waals surface area (Å²) >= 11 is 0. The molecule has 2 heterocycles. The molecule has 1 N–H and O–H groups in total. The predicted octanol–water partition coefficient (Wildman–Crippen LogP) is 0.276. The molecular weight excluding hydrogens is 178 g/mol. The maximum Gasteiger partial charge on any atom is 0.179 e. The zero-order chi connectivity index (χ0) is 9.80. The number of rotatable bonds is 4. The smallest absolute Gasteiger partial charge is 0.179 e. The summed E-state index contributed by atoms with van der Waals surface area (Å²) in [6, 6.07) is 0. The molecule has 0 spiro atoms. The summed E-state index contributed by atoms with van der Waals surface area (Å²) in [4.78, 5) is 3.98. The lowest BCUT2D eigenvalue weighted by Crippen LogP contribution is -2.17. The Balaban J connectivity index is 2.17. The summed E-state index contributed by atoms with van der Waals surface area (Å²) in [5.74, 6) is 0.975. The summed E-state index contributed by atoms with van der Waals surface area (Å²) in [5.41, 5.74) is 0.805. The molecule has 74 valence electrons. The van der Waals surface area contributed by atoms with Crippen molar-refractivity contribution in [1.82, 2.24) is 24.9 Å². The van der Waals surface area contributed by atoms with Crippen LogP contribution in [0.2, 0.25) is 0 Å². The molecule has 2 rings (SSSR count). The van der Waals surface area contributed by atoms with Gasteiger partial charge in [-0.3, -0.25) is 9.38 Å². The predicted molar refractivity (Wildman–Crippen MR) is 53.0 cm³/mol. The van der Waals surface area contributed by atoms with Gasteiger partial charge >= 0.3 is 0 Å². The summed E-state index contributed by atoms with van der Waals surface area (Å²) in [6.07, 6.45) is 6.23. The standard InChI is InChI=1S/C9H13N5/c1-2-10-4-3-8-12-13-9-7-11-5-6-14(8)9/h5-7,10H,2-4H2,1H3. The fraction of sp³-hybridized carbons (Fsp3) is 0.444. The van der Waals surface area contributed by atoms with Crippen molar-refractivity contribution >= 4 is 5.65 Å². The molecule has 0 atom stereocenters. The maximum absolute atomic E-state index is 4.10. The zero-order valence-corrected chi connectivity index (χ0v) is 8.14. The fourth-order valence-electron chi connectivity index (χ4n) is 1.35. The highest BCUT2D eigenvalue weighted by atomic mass is 15.2. The van der Waals surface area contributed by atoms with Gasteiger partial charge in [0.25, 0.3) is 0 Å². The first-order chi connectivity index (χ1) is 6.92.